The summed E-state index contributed by atoms with van der Waals surface area (Å²) < 4.78 is 6.83. The number of benzene rings is 9. The fraction of sp³-hybridized carbons (Fsp3) is 0. The molecule has 1 heterocycles. The van der Waals surface area contributed by atoms with Crippen molar-refractivity contribution in [2.24, 2.45) is 0 Å². The normalized spacial score (nSPS) is 11.3. The van der Waals surface area contributed by atoms with Crippen molar-refractivity contribution in [2.75, 3.05) is 4.90 Å². The molecule has 0 unspecified atom stereocenters. The summed E-state index contributed by atoms with van der Waals surface area (Å²) in [5.74, 6) is 0. The number of anilines is 3. The van der Waals surface area contributed by atoms with Crippen LogP contribution in [0.25, 0.3) is 77.2 Å². The van der Waals surface area contributed by atoms with Crippen LogP contribution in [0.3, 0.4) is 0 Å². The Labute approximate surface area is 314 Å². The highest BCUT2D eigenvalue weighted by molar-refractivity contribution is 6.22. The zero-order chi connectivity index (χ0) is 35.8. The number of hydrogen-bond acceptors (Lipinski definition) is 2. The van der Waals surface area contributed by atoms with Gasteiger partial charge in [0.1, 0.15) is 11.2 Å². The van der Waals surface area contributed by atoms with E-state index in [0.717, 1.165) is 66.5 Å². The summed E-state index contributed by atoms with van der Waals surface area (Å²) >= 11 is 0. The third-order valence-electron chi connectivity index (χ3n) is 10.5. The van der Waals surface area contributed by atoms with E-state index >= 15 is 0 Å². The predicted molar refractivity (Wildman–Crippen MR) is 228 cm³/mol. The molecule has 0 N–H and O–H groups in total. The predicted octanol–water partition coefficient (Wildman–Crippen LogP) is 14.9. The quantitative estimate of drug-likeness (QED) is 0.166. The summed E-state index contributed by atoms with van der Waals surface area (Å²) in [5.41, 5.74) is 14.4. The van der Waals surface area contributed by atoms with Crippen LogP contribution < -0.4 is 4.90 Å². The van der Waals surface area contributed by atoms with E-state index < -0.39 is 0 Å². The average Bonchev–Trinajstić information content (AvgIpc) is 3.64. The molecule has 2 nitrogen and oxygen atoms in total. The monoisotopic (exact) mass is 689 g/mol. The summed E-state index contributed by atoms with van der Waals surface area (Å²) in [4.78, 5) is 2.43. The zero-order valence-corrected chi connectivity index (χ0v) is 29.6. The molecule has 0 aliphatic carbocycles. The van der Waals surface area contributed by atoms with Gasteiger partial charge in [0.2, 0.25) is 0 Å². The van der Waals surface area contributed by atoms with Crippen molar-refractivity contribution in [3.63, 3.8) is 0 Å². The van der Waals surface area contributed by atoms with Gasteiger partial charge in [-0.3, -0.25) is 0 Å². The summed E-state index contributed by atoms with van der Waals surface area (Å²) in [6.45, 7) is 0. The third kappa shape index (κ3) is 5.53. The topological polar surface area (TPSA) is 16.4 Å². The van der Waals surface area contributed by atoms with Gasteiger partial charge in [0.05, 0.1) is 11.4 Å². The molecule has 0 saturated heterocycles. The number of nitrogens with zero attached hydrogens (tertiary/aromatic N) is 1. The van der Waals surface area contributed by atoms with E-state index in [1.54, 1.807) is 0 Å². The fourth-order valence-electron chi connectivity index (χ4n) is 7.92. The van der Waals surface area contributed by atoms with Crippen LogP contribution in [0.15, 0.2) is 217 Å². The molecule has 0 fully saturated rings. The number of fused-ring (bicyclic) bond motifs is 5. The molecule has 0 saturated carbocycles. The van der Waals surface area contributed by atoms with Gasteiger partial charge in [0.25, 0.3) is 0 Å². The molecule has 0 bridgehead atoms. The van der Waals surface area contributed by atoms with Gasteiger partial charge in [-0.25, -0.2) is 0 Å². The summed E-state index contributed by atoms with van der Waals surface area (Å²) in [7, 11) is 0. The summed E-state index contributed by atoms with van der Waals surface area (Å²) in [6.07, 6.45) is 0. The van der Waals surface area contributed by atoms with Gasteiger partial charge >= 0.3 is 0 Å². The van der Waals surface area contributed by atoms with Crippen LogP contribution in [0.1, 0.15) is 0 Å². The van der Waals surface area contributed by atoms with Gasteiger partial charge in [0, 0.05) is 32.8 Å². The average molecular weight is 690 g/mol. The van der Waals surface area contributed by atoms with Crippen LogP contribution in [0.4, 0.5) is 17.1 Å². The molecule has 1 aromatic heterocycles. The van der Waals surface area contributed by atoms with Crippen molar-refractivity contribution >= 4 is 49.8 Å². The molecule has 0 spiro atoms. The number of para-hydroxylation sites is 1. The Balaban J connectivity index is 1.24. The first-order chi connectivity index (χ1) is 26.8. The SMILES string of the molecule is c1ccc(-c2ccc(N(c3ccccc3-c3ccccc3)c3cc4c(oc5cccc(-c6cccc(-c7ccccc7)c6)c54)c4ccccc34)cc2)cc1. The summed E-state index contributed by atoms with van der Waals surface area (Å²) in [5, 5.41) is 4.39. The smallest absolute Gasteiger partial charge is 0.143 e. The van der Waals surface area contributed by atoms with E-state index in [1.165, 1.54) is 27.8 Å². The van der Waals surface area contributed by atoms with Crippen molar-refractivity contribution in [2.45, 2.75) is 0 Å². The first-order valence-corrected chi connectivity index (χ1v) is 18.4. The highest BCUT2D eigenvalue weighted by Gasteiger charge is 2.23. The van der Waals surface area contributed by atoms with Gasteiger partial charge in [-0.2, -0.15) is 0 Å². The molecule has 0 atom stereocenters. The molecule has 0 radical (unpaired) electrons. The fourth-order valence-corrected chi connectivity index (χ4v) is 7.92. The molecule has 254 valence electrons. The van der Waals surface area contributed by atoms with E-state index in [-0.39, 0.29) is 0 Å². The van der Waals surface area contributed by atoms with Gasteiger partial charge in [-0.1, -0.05) is 176 Å². The van der Waals surface area contributed by atoms with Crippen molar-refractivity contribution < 1.29 is 4.42 Å². The van der Waals surface area contributed by atoms with E-state index in [9.17, 15) is 0 Å². The van der Waals surface area contributed by atoms with Gasteiger partial charge in [-0.05, 0) is 75.3 Å². The zero-order valence-electron chi connectivity index (χ0n) is 29.6. The van der Waals surface area contributed by atoms with Crippen LogP contribution in [0.2, 0.25) is 0 Å². The minimum absolute atomic E-state index is 0.873. The van der Waals surface area contributed by atoms with Gasteiger partial charge < -0.3 is 9.32 Å². The Hall–Kier alpha value is -7.16. The first kappa shape index (κ1) is 31.6. The number of rotatable bonds is 7. The second kappa shape index (κ2) is 13.4. The van der Waals surface area contributed by atoms with Crippen molar-refractivity contribution in [1.29, 1.82) is 0 Å². The minimum atomic E-state index is 0.873. The van der Waals surface area contributed by atoms with Crippen LogP contribution in [0.5, 0.6) is 0 Å². The second-order valence-corrected chi connectivity index (χ2v) is 13.7. The Morgan fingerprint density at radius 1 is 0.315 bits per heavy atom. The van der Waals surface area contributed by atoms with Crippen LogP contribution >= 0.6 is 0 Å². The Morgan fingerprint density at radius 2 is 0.852 bits per heavy atom. The van der Waals surface area contributed by atoms with Gasteiger partial charge in [0.15, 0.2) is 0 Å². The Morgan fingerprint density at radius 3 is 1.59 bits per heavy atom. The first-order valence-electron chi connectivity index (χ1n) is 18.4. The summed E-state index contributed by atoms with van der Waals surface area (Å²) in [6, 6.07) is 75.8. The highest BCUT2D eigenvalue weighted by Crippen LogP contribution is 2.48. The highest BCUT2D eigenvalue weighted by atomic mass is 16.3. The van der Waals surface area contributed by atoms with E-state index in [0.29, 0.717) is 0 Å². The van der Waals surface area contributed by atoms with Gasteiger partial charge in [-0.15, -0.1) is 0 Å². The van der Waals surface area contributed by atoms with Crippen molar-refractivity contribution in [3.05, 3.63) is 212 Å². The molecular formula is C52H35NO. The van der Waals surface area contributed by atoms with Crippen LogP contribution in [-0.4, -0.2) is 0 Å². The molecule has 2 heteroatoms. The van der Waals surface area contributed by atoms with Crippen molar-refractivity contribution in [3.8, 4) is 44.5 Å². The maximum Gasteiger partial charge on any atom is 0.143 e. The number of furan rings is 1. The largest absolute Gasteiger partial charge is 0.455 e. The maximum atomic E-state index is 6.83. The van der Waals surface area contributed by atoms with E-state index in [1.807, 2.05) is 0 Å². The molecular weight excluding hydrogens is 655 g/mol. The van der Waals surface area contributed by atoms with E-state index in [4.69, 9.17) is 4.42 Å². The van der Waals surface area contributed by atoms with Crippen LogP contribution in [-0.2, 0) is 0 Å². The molecule has 0 amide bonds. The van der Waals surface area contributed by atoms with Crippen molar-refractivity contribution in [1.82, 2.24) is 0 Å². The molecule has 0 aliphatic rings. The Kier molecular flexibility index (Phi) is 7.85. The van der Waals surface area contributed by atoms with E-state index in [2.05, 4.69) is 217 Å². The lowest BCUT2D eigenvalue weighted by Gasteiger charge is -2.29. The lowest BCUT2D eigenvalue weighted by atomic mass is 9.94. The lowest BCUT2D eigenvalue weighted by Crippen LogP contribution is -2.12. The molecule has 9 aromatic carbocycles. The number of hydrogen-bond donors (Lipinski definition) is 0. The van der Waals surface area contributed by atoms with Crippen LogP contribution in [0, 0.1) is 0 Å². The standard InChI is InChI=1S/C52H35NO/c1-4-16-36(17-5-1)38-30-32-42(33-31-38)53(48-28-13-12-24-43(48)39-20-8-3-9-21-39)49-35-47-51-44(41-23-14-22-40(34-41)37-18-6-2-7-19-37)27-15-29-50(51)54-52(47)46-26-11-10-25-45(46)49/h1-35H. The minimum Gasteiger partial charge on any atom is -0.455 e. The molecule has 54 heavy (non-hydrogen) atoms. The maximum absolute atomic E-state index is 6.83. The molecule has 10 rings (SSSR count). The lowest BCUT2D eigenvalue weighted by molar-refractivity contribution is 0.673. The Bertz CT molecular complexity index is 2910. The molecule has 10 aromatic rings. The molecule has 0 aliphatic heterocycles. The third-order valence-corrected chi connectivity index (χ3v) is 10.5. The second-order valence-electron chi connectivity index (χ2n) is 13.7.